The van der Waals surface area contributed by atoms with Gasteiger partial charge < -0.3 is 25.4 Å². The van der Waals surface area contributed by atoms with Crippen LogP contribution in [-0.2, 0) is 6.42 Å². The molecule has 3 N–H and O–H groups in total. The van der Waals surface area contributed by atoms with Gasteiger partial charge in [-0.2, -0.15) is 0 Å². The van der Waals surface area contributed by atoms with E-state index in [1.807, 2.05) is 12.1 Å². The molecule has 154 valence electrons. The first-order chi connectivity index (χ1) is 12.7. The van der Waals surface area contributed by atoms with Gasteiger partial charge in [0, 0.05) is 32.2 Å². The smallest absolute Gasteiger partial charge is 0.191 e. The minimum atomic E-state index is 0. The summed E-state index contributed by atoms with van der Waals surface area (Å²) >= 11 is 0. The maximum Gasteiger partial charge on any atom is 0.191 e. The van der Waals surface area contributed by atoms with Gasteiger partial charge in [-0.15, -0.1) is 24.0 Å². The van der Waals surface area contributed by atoms with Crippen LogP contribution in [0.1, 0.15) is 38.7 Å². The van der Waals surface area contributed by atoms with Crippen LogP contribution in [0.2, 0.25) is 0 Å². The summed E-state index contributed by atoms with van der Waals surface area (Å²) in [5.74, 6) is 1.59. The summed E-state index contributed by atoms with van der Waals surface area (Å²) in [6.45, 7) is 9.28. The zero-order valence-corrected chi connectivity index (χ0v) is 19.2. The van der Waals surface area contributed by atoms with Crippen molar-refractivity contribution >= 4 is 29.9 Å². The number of aromatic hydroxyl groups is 1. The van der Waals surface area contributed by atoms with Crippen molar-refractivity contribution in [3.8, 4) is 11.5 Å². The van der Waals surface area contributed by atoms with Gasteiger partial charge in [0.15, 0.2) is 17.5 Å². The summed E-state index contributed by atoms with van der Waals surface area (Å²) in [6.07, 6.45) is 4.20. The number of hydrogen-bond donors (Lipinski definition) is 3. The van der Waals surface area contributed by atoms with Gasteiger partial charge in [-0.05, 0) is 50.8 Å². The Labute approximate surface area is 180 Å². The lowest BCUT2D eigenvalue weighted by Crippen LogP contribution is -2.48. The fourth-order valence-electron chi connectivity index (χ4n) is 3.35. The van der Waals surface area contributed by atoms with Crippen LogP contribution >= 0.6 is 24.0 Å². The Morgan fingerprint density at radius 2 is 2.04 bits per heavy atom. The van der Waals surface area contributed by atoms with Gasteiger partial charge in [0.2, 0.25) is 0 Å². The Morgan fingerprint density at radius 3 is 2.67 bits per heavy atom. The molecule has 0 radical (unpaired) electrons. The van der Waals surface area contributed by atoms with Crippen LogP contribution in [0.4, 0.5) is 0 Å². The summed E-state index contributed by atoms with van der Waals surface area (Å²) in [6, 6.07) is 6.05. The average molecular weight is 490 g/mol. The molecule has 0 unspecified atom stereocenters. The van der Waals surface area contributed by atoms with Gasteiger partial charge in [0.1, 0.15) is 0 Å². The highest BCUT2D eigenvalue weighted by Crippen LogP contribution is 2.29. The van der Waals surface area contributed by atoms with Crippen molar-refractivity contribution in [3.05, 3.63) is 23.8 Å². The molecule has 0 atom stereocenters. The van der Waals surface area contributed by atoms with Crippen molar-refractivity contribution in [3.63, 3.8) is 0 Å². The number of hydrogen-bond acceptors (Lipinski definition) is 4. The van der Waals surface area contributed by atoms with E-state index in [0.29, 0.717) is 24.8 Å². The molecule has 0 bridgehead atoms. The number of likely N-dealkylation sites (tertiary alicyclic amines) is 1. The molecule has 0 amide bonds. The lowest BCUT2D eigenvalue weighted by atomic mass is 10.1. The van der Waals surface area contributed by atoms with Crippen molar-refractivity contribution in [2.45, 2.75) is 45.6 Å². The molecule has 0 aromatic heterocycles. The largest absolute Gasteiger partial charge is 0.504 e. The molecule has 1 aromatic rings. The van der Waals surface area contributed by atoms with E-state index in [1.165, 1.54) is 13.0 Å². The number of piperidine rings is 1. The van der Waals surface area contributed by atoms with E-state index < -0.39 is 0 Å². The molecule has 1 heterocycles. The lowest BCUT2D eigenvalue weighted by molar-refractivity contribution is 0.206. The summed E-state index contributed by atoms with van der Waals surface area (Å²) in [5, 5.41) is 17.1. The second-order valence-corrected chi connectivity index (χ2v) is 6.74. The summed E-state index contributed by atoms with van der Waals surface area (Å²) in [5.41, 5.74) is 0.858. The van der Waals surface area contributed by atoms with Gasteiger partial charge in [-0.3, -0.25) is 4.99 Å². The first-order valence-corrected chi connectivity index (χ1v) is 9.80. The Balaban J connectivity index is 0.00000364. The Hall–Kier alpha value is -1.22. The summed E-state index contributed by atoms with van der Waals surface area (Å²) < 4.78 is 5.16. The number of aliphatic imine (C=N–C) groups is 1. The number of nitrogens with one attached hydrogen (secondary N) is 2. The number of rotatable bonds is 8. The van der Waals surface area contributed by atoms with Crippen molar-refractivity contribution in [1.82, 2.24) is 15.5 Å². The minimum absolute atomic E-state index is 0. The first kappa shape index (κ1) is 23.8. The molecule has 1 fully saturated rings. The van der Waals surface area contributed by atoms with Crippen molar-refractivity contribution in [2.75, 3.05) is 39.8 Å². The maximum absolute atomic E-state index is 10.2. The molecule has 1 aliphatic heterocycles. The molecule has 7 heteroatoms. The highest BCUT2D eigenvalue weighted by Gasteiger charge is 2.19. The molecule has 0 spiro atoms. The van der Waals surface area contributed by atoms with E-state index in [-0.39, 0.29) is 29.7 Å². The van der Waals surface area contributed by atoms with E-state index in [9.17, 15) is 5.11 Å². The number of guanidine groups is 1. The molecule has 2 rings (SSSR count). The number of phenolic OH excluding ortho intramolecular Hbond substituents is 1. The Kier molecular flexibility index (Phi) is 11.5. The van der Waals surface area contributed by atoms with E-state index in [2.05, 4.69) is 34.4 Å². The van der Waals surface area contributed by atoms with E-state index in [1.54, 1.807) is 13.2 Å². The normalized spacial score (nSPS) is 15.9. The lowest BCUT2D eigenvalue weighted by Gasteiger charge is -2.32. The number of nitrogens with zero attached hydrogens (tertiary/aromatic N) is 2. The zero-order chi connectivity index (χ0) is 18.8. The zero-order valence-electron chi connectivity index (χ0n) is 16.8. The van der Waals surface area contributed by atoms with Crippen LogP contribution in [-0.4, -0.2) is 61.8 Å². The third-order valence-corrected chi connectivity index (χ3v) is 4.77. The number of halogens is 1. The summed E-state index contributed by atoms with van der Waals surface area (Å²) in [7, 11) is 1.57. The molecular formula is C20H35IN4O2. The standard InChI is InChI=1S/C20H34N4O2.HI/c1-4-13-24-14-10-17(11-15-24)23-20(21-5-2)22-12-9-16-7-6-8-18(26-3)19(16)25;/h6-8,17,25H,4-5,9-15H2,1-3H3,(H2,21,22,23);1H. The second-order valence-electron chi connectivity index (χ2n) is 6.74. The number of ether oxygens (including phenoxy) is 1. The molecule has 6 nitrogen and oxygen atoms in total. The van der Waals surface area contributed by atoms with Crippen molar-refractivity contribution in [2.24, 2.45) is 4.99 Å². The van der Waals surface area contributed by atoms with Crippen LogP contribution in [0, 0.1) is 0 Å². The number of phenols is 1. The first-order valence-electron chi connectivity index (χ1n) is 9.80. The predicted octanol–water partition coefficient (Wildman–Crippen LogP) is 2.99. The molecule has 1 aromatic carbocycles. The maximum atomic E-state index is 10.2. The SMILES string of the molecule is CCCN1CCC(NC(=NCCc2cccc(OC)c2O)NCC)CC1.I. The molecule has 1 saturated heterocycles. The molecule has 27 heavy (non-hydrogen) atoms. The number of para-hydroxylation sites is 1. The van der Waals surface area contributed by atoms with Crippen LogP contribution in [0.25, 0.3) is 0 Å². The number of benzene rings is 1. The van der Waals surface area contributed by atoms with Gasteiger partial charge in [0.25, 0.3) is 0 Å². The molecule has 0 saturated carbocycles. The van der Waals surface area contributed by atoms with Crippen LogP contribution in [0.3, 0.4) is 0 Å². The molecule has 1 aliphatic rings. The number of methoxy groups -OCH3 is 1. The Morgan fingerprint density at radius 1 is 1.30 bits per heavy atom. The Bertz CT molecular complexity index is 575. The van der Waals surface area contributed by atoms with Crippen LogP contribution < -0.4 is 15.4 Å². The molecule has 0 aliphatic carbocycles. The monoisotopic (exact) mass is 490 g/mol. The van der Waals surface area contributed by atoms with Gasteiger partial charge in [-0.1, -0.05) is 19.1 Å². The van der Waals surface area contributed by atoms with Crippen molar-refractivity contribution < 1.29 is 9.84 Å². The summed E-state index contributed by atoms with van der Waals surface area (Å²) in [4.78, 5) is 7.22. The predicted molar refractivity (Wildman–Crippen MR) is 123 cm³/mol. The van der Waals surface area contributed by atoms with Crippen LogP contribution in [0.5, 0.6) is 11.5 Å². The van der Waals surface area contributed by atoms with Gasteiger partial charge in [0.05, 0.1) is 7.11 Å². The average Bonchev–Trinajstić information content (AvgIpc) is 2.65. The highest BCUT2D eigenvalue weighted by molar-refractivity contribution is 14.0. The second kappa shape index (κ2) is 13.0. The van der Waals surface area contributed by atoms with E-state index in [0.717, 1.165) is 44.0 Å². The fraction of sp³-hybridized carbons (Fsp3) is 0.650. The topological polar surface area (TPSA) is 69.1 Å². The highest BCUT2D eigenvalue weighted by atomic mass is 127. The van der Waals surface area contributed by atoms with Crippen LogP contribution in [0.15, 0.2) is 23.2 Å². The van der Waals surface area contributed by atoms with E-state index >= 15 is 0 Å². The third-order valence-electron chi connectivity index (χ3n) is 4.77. The van der Waals surface area contributed by atoms with E-state index in [4.69, 9.17) is 4.74 Å². The van der Waals surface area contributed by atoms with Gasteiger partial charge in [-0.25, -0.2) is 0 Å². The quantitative estimate of drug-likeness (QED) is 0.297. The molecular weight excluding hydrogens is 455 g/mol. The van der Waals surface area contributed by atoms with Crippen molar-refractivity contribution in [1.29, 1.82) is 0 Å². The minimum Gasteiger partial charge on any atom is -0.504 e. The fourth-order valence-corrected chi connectivity index (χ4v) is 3.35. The third kappa shape index (κ3) is 7.73. The van der Waals surface area contributed by atoms with Gasteiger partial charge >= 0.3 is 0 Å².